The van der Waals surface area contributed by atoms with Crippen LogP contribution in [-0.4, -0.2) is 23.5 Å². The highest BCUT2D eigenvalue weighted by molar-refractivity contribution is 5.18. The third-order valence-corrected chi connectivity index (χ3v) is 4.37. The molecule has 112 valence electrons. The van der Waals surface area contributed by atoms with Crippen LogP contribution < -0.4 is 5.73 Å². The first-order valence-electron chi connectivity index (χ1n) is 7.50. The van der Waals surface area contributed by atoms with Crippen LogP contribution >= 0.6 is 0 Å². The first-order chi connectivity index (χ1) is 9.59. The van der Waals surface area contributed by atoms with Gasteiger partial charge in [0.1, 0.15) is 11.6 Å². The summed E-state index contributed by atoms with van der Waals surface area (Å²) in [6.45, 7) is 4.22. The smallest absolute Gasteiger partial charge is 0.126 e. The summed E-state index contributed by atoms with van der Waals surface area (Å²) in [5, 5.41) is 0. The van der Waals surface area contributed by atoms with E-state index < -0.39 is 11.6 Å². The van der Waals surface area contributed by atoms with Gasteiger partial charge in [-0.05, 0) is 43.5 Å². The summed E-state index contributed by atoms with van der Waals surface area (Å²) in [6.07, 6.45) is 5.56. The van der Waals surface area contributed by atoms with E-state index in [2.05, 4.69) is 11.8 Å². The molecule has 2 N–H and O–H groups in total. The summed E-state index contributed by atoms with van der Waals surface area (Å²) in [7, 11) is 0. The van der Waals surface area contributed by atoms with Crippen molar-refractivity contribution in [3.8, 4) is 0 Å². The van der Waals surface area contributed by atoms with Gasteiger partial charge in [0.05, 0.1) is 0 Å². The van der Waals surface area contributed by atoms with Crippen molar-refractivity contribution in [3.05, 3.63) is 35.4 Å². The van der Waals surface area contributed by atoms with Crippen LogP contribution in [0.15, 0.2) is 18.2 Å². The molecule has 0 aliphatic heterocycles. The lowest BCUT2D eigenvalue weighted by Gasteiger charge is -2.41. The fraction of sp³-hybridized carbons (Fsp3) is 0.625. The number of hydrogen-bond donors (Lipinski definition) is 1. The van der Waals surface area contributed by atoms with Crippen LogP contribution in [0.3, 0.4) is 0 Å². The average molecular weight is 282 g/mol. The van der Waals surface area contributed by atoms with Gasteiger partial charge in [-0.2, -0.15) is 0 Å². The van der Waals surface area contributed by atoms with Crippen molar-refractivity contribution in [2.45, 2.75) is 51.1 Å². The zero-order valence-corrected chi connectivity index (χ0v) is 12.2. The third kappa shape index (κ3) is 3.36. The molecule has 0 spiro atoms. The lowest BCUT2D eigenvalue weighted by Crippen LogP contribution is -2.51. The van der Waals surface area contributed by atoms with E-state index in [0.29, 0.717) is 18.7 Å². The standard InChI is InChI=1S/C16H24F2N2/c1-2-7-20(16(12-19)5-3-4-6-16)11-13-8-14(17)10-15(18)9-13/h8-10H,2-7,11-12,19H2,1H3. The molecular formula is C16H24F2N2. The maximum absolute atomic E-state index is 13.3. The van der Waals surface area contributed by atoms with Crippen molar-refractivity contribution < 1.29 is 8.78 Å². The summed E-state index contributed by atoms with van der Waals surface area (Å²) in [4.78, 5) is 2.33. The molecule has 1 fully saturated rings. The Labute approximate surface area is 120 Å². The van der Waals surface area contributed by atoms with Crippen LogP contribution in [0, 0.1) is 11.6 Å². The molecule has 0 atom stereocenters. The molecule has 0 saturated heterocycles. The van der Waals surface area contributed by atoms with E-state index in [1.54, 1.807) is 0 Å². The Balaban J connectivity index is 2.20. The maximum Gasteiger partial charge on any atom is 0.126 e. The van der Waals surface area contributed by atoms with E-state index in [1.807, 2.05) is 0 Å². The summed E-state index contributed by atoms with van der Waals surface area (Å²) in [5.41, 5.74) is 6.73. The Hall–Kier alpha value is -1.00. The van der Waals surface area contributed by atoms with Crippen molar-refractivity contribution >= 4 is 0 Å². The van der Waals surface area contributed by atoms with Gasteiger partial charge < -0.3 is 5.73 Å². The van der Waals surface area contributed by atoms with Crippen molar-refractivity contribution in [2.75, 3.05) is 13.1 Å². The van der Waals surface area contributed by atoms with Gasteiger partial charge in [-0.3, -0.25) is 4.90 Å². The Bertz CT molecular complexity index is 422. The largest absolute Gasteiger partial charge is 0.329 e. The molecule has 0 radical (unpaired) electrons. The van der Waals surface area contributed by atoms with Crippen molar-refractivity contribution in [1.29, 1.82) is 0 Å². The molecular weight excluding hydrogens is 258 g/mol. The van der Waals surface area contributed by atoms with Gasteiger partial charge in [0.15, 0.2) is 0 Å². The minimum Gasteiger partial charge on any atom is -0.329 e. The van der Waals surface area contributed by atoms with Gasteiger partial charge in [0.2, 0.25) is 0 Å². The van der Waals surface area contributed by atoms with Crippen LogP contribution in [0.2, 0.25) is 0 Å². The maximum atomic E-state index is 13.3. The van der Waals surface area contributed by atoms with Crippen molar-refractivity contribution in [2.24, 2.45) is 5.73 Å². The van der Waals surface area contributed by atoms with Crippen molar-refractivity contribution in [3.63, 3.8) is 0 Å². The van der Waals surface area contributed by atoms with Crippen molar-refractivity contribution in [1.82, 2.24) is 4.90 Å². The van der Waals surface area contributed by atoms with Crippen LogP contribution in [0.1, 0.15) is 44.6 Å². The summed E-state index contributed by atoms with van der Waals surface area (Å²) < 4.78 is 26.7. The minimum atomic E-state index is -0.510. The Morgan fingerprint density at radius 2 is 1.75 bits per heavy atom. The fourth-order valence-electron chi connectivity index (χ4n) is 3.36. The van der Waals surface area contributed by atoms with Gasteiger partial charge in [-0.25, -0.2) is 8.78 Å². The number of nitrogens with two attached hydrogens (primary N) is 1. The molecule has 20 heavy (non-hydrogen) atoms. The third-order valence-electron chi connectivity index (χ3n) is 4.37. The molecule has 1 aliphatic rings. The average Bonchev–Trinajstić information content (AvgIpc) is 2.87. The molecule has 0 bridgehead atoms. The van der Waals surface area contributed by atoms with Crippen LogP contribution in [0.5, 0.6) is 0 Å². The monoisotopic (exact) mass is 282 g/mol. The molecule has 1 aromatic rings. The summed E-state index contributed by atoms with van der Waals surface area (Å²) in [6, 6.07) is 3.76. The predicted octanol–water partition coefficient (Wildman–Crippen LogP) is 3.45. The van der Waals surface area contributed by atoms with E-state index in [4.69, 9.17) is 5.73 Å². The Morgan fingerprint density at radius 3 is 2.25 bits per heavy atom. The SMILES string of the molecule is CCCN(Cc1cc(F)cc(F)c1)C1(CN)CCCC1. The first kappa shape index (κ1) is 15.4. The van der Waals surface area contributed by atoms with Crippen LogP contribution in [0.4, 0.5) is 8.78 Å². The number of halogens is 2. The van der Waals surface area contributed by atoms with Gasteiger partial charge in [0.25, 0.3) is 0 Å². The number of benzene rings is 1. The zero-order valence-electron chi connectivity index (χ0n) is 12.2. The molecule has 1 aromatic carbocycles. The molecule has 2 rings (SSSR count). The topological polar surface area (TPSA) is 29.3 Å². The second kappa shape index (κ2) is 6.64. The predicted molar refractivity (Wildman–Crippen MR) is 77.3 cm³/mol. The second-order valence-corrected chi connectivity index (χ2v) is 5.83. The van der Waals surface area contributed by atoms with Gasteiger partial charge in [-0.15, -0.1) is 0 Å². The molecule has 1 aliphatic carbocycles. The quantitative estimate of drug-likeness (QED) is 0.866. The van der Waals surface area contributed by atoms with E-state index >= 15 is 0 Å². The number of hydrogen-bond acceptors (Lipinski definition) is 2. The minimum absolute atomic E-state index is 0.0127. The van der Waals surface area contributed by atoms with E-state index in [-0.39, 0.29) is 5.54 Å². The molecule has 0 unspecified atom stereocenters. The van der Waals surface area contributed by atoms with Gasteiger partial charge in [0, 0.05) is 24.7 Å². The highest BCUT2D eigenvalue weighted by atomic mass is 19.1. The first-order valence-corrected chi connectivity index (χ1v) is 7.50. The number of nitrogens with zero attached hydrogens (tertiary/aromatic N) is 1. The normalized spacial score (nSPS) is 17.9. The van der Waals surface area contributed by atoms with E-state index in [1.165, 1.54) is 25.0 Å². The lowest BCUT2D eigenvalue weighted by molar-refractivity contribution is 0.0901. The van der Waals surface area contributed by atoms with E-state index in [9.17, 15) is 8.78 Å². The fourth-order valence-corrected chi connectivity index (χ4v) is 3.36. The summed E-state index contributed by atoms with van der Waals surface area (Å²) in [5.74, 6) is -1.02. The van der Waals surface area contributed by atoms with Gasteiger partial charge >= 0.3 is 0 Å². The summed E-state index contributed by atoms with van der Waals surface area (Å²) >= 11 is 0. The zero-order chi connectivity index (χ0) is 14.6. The molecule has 2 nitrogen and oxygen atoms in total. The van der Waals surface area contributed by atoms with E-state index in [0.717, 1.165) is 31.9 Å². The molecule has 0 heterocycles. The Morgan fingerprint density at radius 1 is 1.15 bits per heavy atom. The highest BCUT2D eigenvalue weighted by Crippen LogP contribution is 2.35. The van der Waals surface area contributed by atoms with Gasteiger partial charge in [-0.1, -0.05) is 19.8 Å². The molecule has 0 aromatic heterocycles. The van der Waals surface area contributed by atoms with Crippen LogP contribution in [0.25, 0.3) is 0 Å². The second-order valence-electron chi connectivity index (χ2n) is 5.83. The van der Waals surface area contributed by atoms with Crippen LogP contribution in [-0.2, 0) is 6.54 Å². The molecule has 1 saturated carbocycles. The lowest BCUT2D eigenvalue weighted by atomic mass is 9.94. The highest BCUT2D eigenvalue weighted by Gasteiger charge is 2.37. The number of rotatable bonds is 6. The Kier molecular flexibility index (Phi) is 5.11. The molecule has 0 amide bonds. The molecule has 4 heteroatoms.